The van der Waals surface area contributed by atoms with Gasteiger partial charge in [-0.05, 0) is 32.0 Å². The second-order valence-electron chi connectivity index (χ2n) is 4.59. The van der Waals surface area contributed by atoms with Crippen molar-refractivity contribution in [3.63, 3.8) is 0 Å². The minimum atomic E-state index is 0.180. The molecule has 2 unspecified atom stereocenters. The number of nitrogens with zero attached hydrogens (tertiary/aromatic N) is 1. The number of rotatable bonds is 8. The second-order valence-corrected chi connectivity index (χ2v) is 5.91. The molecule has 1 heterocycles. The summed E-state index contributed by atoms with van der Waals surface area (Å²) in [4.78, 5) is 5.14. The van der Waals surface area contributed by atoms with Gasteiger partial charge in [-0.15, -0.1) is 11.3 Å². The minimum Gasteiger partial charge on any atom is -0.383 e. The molecule has 0 fully saturated rings. The average Bonchev–Trinajstić information content (AvgIpc) is 2.79. The summed E-state index contributed by atoms with van der Waals surface area (Å²) in [7, 11) is 1.75. The molecule has 1 rings (SSSR count). The standard InChI is InChI=1S/C14H26N2OS/c1-5-12(15)14(13-8-7-11(3)18-13)16(6-2)9-10-17-4/h7-8,12,14H,5-6,9-10,15H2,1-4H3. The topological polar surface area (TPSA) is 38.5 Å². The van der Waals surface area contributed by atoms with Gasteiger partial charge in [-0.2, -0.15) is 0 Å². The molecule has 0 amide bonds. The van der Waals surface area contributed by atoms with E-state index in [4.69, 9.17) is 10.5 Å². The van der Waals surface area contributed by atoms with Crippen molar-refractivity contribution in [2.75, 3.05) is 26.8 Å². The van der Waals surface area contributed by atoms with Gasteiger partial charge in [0.15, 0.2) is 0 Å². The third-order valence-electron chi connectivity index (χ3n) is 3.31. The first kappa shape index (κ1) is 15.6. The lowest BCUT2D eigenvalue weighted by Gasteiger charge is -2.33. The molecule has 3 nitrogen and oxygen atoms in total. The van der Waals surface area contributed by atoms with Crippen molar-refractivity contribution in [2.24, 2.45) is 5.73 Å². The van der Waals surface area contributed by atoms with E-state index in [1.54, 1.807) is 7.11 Å². The van der Waals surface area contributed by atoms with Crippen LogP contribution in [-0.4, -0.2) is 37.7 Å². The smallest absolute Gasteiger partial charge is 0.0594 e. The van der Waals surface area contributed by atoms with Gasteiger partial charge in [0.05, 0.1) is 12.6 Å². The zero-order valence-corrected chi connectivity index (χ0v) is 12.8. The number of ether oxygens (including phenoxy) is 1. The van der Waals surface area contributed by atoms with Crippen molar-refractivity contribution >= 4 is 11.3 Å². The number of nitrogens with two attached hydrogens (primary N) is 1. The first-order valence-corrected chi connectivity index (χ1v) is 7.50. The van der Waals surface area contributed by atoms with Crippen LogP contribution in [0.15, 0.2) is 12.1 Å². The lowest BCUT2D eigenvalue weighted by atomic mass is 10.0. The van der Waals surface area contributed by atoms with E-state index >= 15 is 0 Å². The van der Waals surface area contributed by atoms with E-state index in [0.717, 1.165) is 26.1 Å². The Balaban J connectivity index is 2.88. The summed E-state index contributed by atoms with van der Waals surface area (Å²) in [6.07, 6.45) is 0.991. The Morgan fingerprint density at radius 3 is 2.56 bits per heavy atom. The van der Waals surface area contributed by atoms with Gasteiger partial charge in [0.2, 0.25) is 0 Å². The first-order valence-electron chi connectivity index (χ1n) is 6.68. The van der Waals surface area contributed by atoms with Crippen LogP contribution in [0.2, 0.25) is 0 Å². The van der Waals surface area contributed by atoms with Crippen LogP contribution in [0.4, 0.5) is 0 Å². The van der Waals surface area contributed by atoms with Crippen LogP contribution in [0.1, 0.15) is 36.1 Å². The highest BCUT2D eigenvalue weighted by atomic mass is 32.1. The number of methoxy groups -OCH3 is 1. The predicted octanol–water partition coefficient (Wildman–Crippen LogP) is 2.80. The SMILES string of the molecule is CCC(N)C(c1ccc(C)s1)N(CC)CCOC. The van der Waals surface area contributed by atoms with E-state index in [9.17, 15) is 0 Å². The number of hydrogen-bond acceptors (Lipinski definition) is 4. The Morgan fingerprint density at radius 2 is 2.11 bits per heavy atom. The Morgan fingerprint density at radius 1 is 1.39 bits per heavy atom. The van der Waals surface area contributed by atoms with E-state index < -0.39 is 0 Å². The fourth-order valence-electron chi connectivity index (χ4n) is 2.20. The molecule has 0 aromatic carbocycles. The van der Waals surface area contributed by atoms with Crippen LogP contribution in [0.3, 0.4) is 0 Å². The number of thiophene rings is 1. The van der Waals surface area contributed by atoms with Gasteiger partial charge in [0.25, 0.3) is 0 Å². The summed E-state index contributed by atoms with van der Waals surface area (Å²) < 4.78 is 5.20. The van der Waals surface area contributed by atoms with E-state index in [1.165, 1.54) is 9.75 Å². The summed E-state index contributed by atoms with van der Waals surface area (Å²) >= 11 is 1.85. The summed E-state index contributed by atoms with van der Waals surface area (Å²) in [6.45, 7) is 9.17. The maximum Gasteiger partial charge on any atom is 0.0594 e. The molecule has 0 radical (unpaired) electrons. The largest absolute Gasteiger partial charge is 0.383 e. The predicted molar refractivity (Wildman–Crippen MR) is 79.2 cm³/mol. The molecule has 104 valence electrons. The molecule has 0 aliphatic heterocycles. The van der Waals surface area contributed by atoms with Gasteiger partial charge in [0.1, 0.15) is 0 Å². The summed E-state index contributed by atoms with van der Waals surface area (Å²) in [6, 6.07) is 4.89. The molecule has 2 atom stereocenters. The zero-order chi connectivity index (χ0) is 13.5. The van der Waals surface area contributed by atoms with Crippen LogP contribution in [0.25, 0.3) is 0 Å². The van der Waals surface area contributed by atoms with Crippen LogP contribution in [-0.2, 0) is 4.74 Å². The molecule has 0 saturated heterocycles. The van der Waals surface area contributed by atoms with Gasteiger partial charge < -0.3 is 10.5 Å². The van der Waals surface area contributed by atoms with Crippen molar-refractivity contribution in [2.45, 2.75) is 39.3 Å². The number of hydrogen-bond donors (Lipinski definition) is 1. The van der Waals surface area contributed by atoms with E-state index in [1.807, 2.05) is 11.3 Å². The summed E-state index contributed by atoms with van der Waals surface area (Å²) in [5.74, 6) is 0. The second kappa shape index (κ2) is 7.89. The Hall–Kier alpha value is -0.420. The normalized spacial score (nSPS) is 15.0. The summed E-state index contributed by atoms with van der Waals surface area (Å²) in [5, 5.41) is 0. The van der Waals surface area contributed by atoms with Crippen LogP contribution >= 0.6 is 11.3 Å². The molecule has 1 aromatic rings. The maximum absolute atomic E-state index is 6.33. The van der Waals surface area contributed by atoms with Crippen molar-refractivity contribution in [3.05, 3.63) is 21.9 Å². The van der Waals surface area contributed by atoms with Gasteiger partial charge in [-0.25, -0.2) is 0 Å². The molecular formula is C14H26N2OS. The monoisotopic (exact) mass is 270 g/mol. The number of likely N-dealkylation sites (N-methyl/N-ethyl adjacent to an activating group) is 1. The fraction of sp³-hybridized carbons (Fsp3) is 0.714. The highest BCUT2D eigenvalue weighted by Crippen LogP contribution is 2.30. The van der Waals surface area contributed by atoms with Gasteiger partial charge in [-0.3, -0.25) is 4.90 Å². The lowest BCUT2D eigenvalue weighted by Crippen LogP contribution is -2.41. The lowest BCUT2D eigenvalue weighted by molar-refractivity contribution is 0.113. The van der Waals surface area contributed by atoms with Crippen molar-refractivity contribution < 1.29 is 4.74 Å². The van der Waals surface area contributed by atoms with Crippen molar-refractivity contribution in [3.8, 4) is 0 Å². The van der Waals surface area contributed by atoms with Crippen molar-refractivity contribution in [1.29, 1.82) is 0 Å². The Labute approximate surface area is 115 Å². The minimum absolute atomic E-state index is 0.180. The fourth-order valence-corrected chi connectivity index (χ4v) is 3.29. The zero-order valence-electron chi connectivity index (χ0n) is 12.0. The quantitative estimate of drug-likeness (QED) is 0.789. The number of aryl methyl sites for hydroxylation is 1. The van der Waals surface area contributed by atoms with Gasteiger partial charge >= 0.3 is 0 Å². The molecule has 0 aliphatic rings. The van der Waals surface area contributed by atoms with Crippen LogP contribution in [0, 0.1) is 6.92 Å². The van der Waals surface area contributed by atoms with Crippen LogP contribution in [0.5, 0.6) is 0 Å². The van der Waals surface area contributed by atoms with E-state index in [0.29, 0.717) is 6.04 Å². The molecule has 2 N–H and O–H groups in total. The highest BCUT2D eigenvalue weighted by Gasteiger charge is 2.25. The molecule has 0 spiro atoms. The van der Waals surface area contributed by atoms with Gasteiger partial charge in [0, 0.05) is 29.5 Å². The Kier molecular flexibility index (Phi) is 6.86. The average molecular weight is 270 g/mol. The van der Waals surface area contributed by atoms with Gasteiger partial charge in [-0.1, -0.05) is 13.8 Å². The highest BCUT2D eigenvalue weighted by molar-refractivity contribution is 7.12. The van der Waals surface area contributed by atoms with E-state index in [-0.39, 0.29) is 6.04 Å². The summed E-state index contributed by atoms with van der Waals surface area (Å²) in [5.41, 5.74) is 6.33. The van der Waals surface area contributed by atoms with E-state index in [2.05, 4.69) is 37.8 Å². The molecule has 0 bridgehead atoms. The molecule has 18 heavy (non-hydrogen) atoms. The third-order valence-corrected chi connectivity index (χ3v) is 4.38. The first-order chi connectivity index (χ1) is 8.63. The molecular weight excluding hydrogens is 244 g/mol. The third kappa shape index (κ3) is 4.05. The maximum atomic E-state index is 6.33. The Bertz CT molecular complexity index is 340. The molecule has 0 aliphatic carbocycles. The van der Waals surface area contributed by atoms with Crippen LogP contribution < -0.4 is 5.73 Å². The molecule has 4 heteroatoms. The molecule has 1 aromatic heterocycles. The van der Waals surface area contributed by atoms with Crippen molar-refractivity contribution in [1.82, 2.24) is 4.90 Å². The molecule has 0 saturated carbocycles.